The first-order valence-corrected chi connectivity index (χ1v) is 40.2. The van der Waals surface area contributed by atoms with E-state index in [0.29, 0.717) is 57.9 Å². The second-order valence-corrected chi connectivity index (χ2v) is 31.6. The average Bonchev–Trinajstić information content (AvgIpc) is 0.865. The molecule has 0 spiro atoms. The summed E-state index contributed by atoms with van der Waals surface area (Å²) in [6, 6.07) is -9.29. The number of hydrogen-bond acceptors (Lipinski definition) is 20. The summed E-state index contributed by atoms with van der Waals surface area (Å²) in [5.74, 6) is -12.6. The molecule has 642 valence electrons. The van der Waals surface area contributed by atoms with Gasteiger partial charge in [0.05, 0.1) is 6.04 Å². The third-order valence-corrected chi connectivity index (χ3v) is 18.4. The summed E-state index contributed by atoms with van der Waals surface area (Å²) in [5.41, 5.74) is 30.1. The fourth-order valence-electron chi connectivity index (χ4n) is 12.0. The van der Waals surface area contributed by atoms with Gasteiger partial charge < -0.3 is 108 Å². The van der Waals surface area contributed by atoms with E-state index in [1.54, 1.807) is 69.2 Å². The number of nitrogens with one attached hydrogen (secondary N) is 14. The lowest BCUT2D eigenvalue weighted by Crippen LogP contribution is -2.60. The van der Waals surface area contributed by atoms with Crippen LogP contribution >= 0.6 is 0 Å². The van der Waals surface area contributed by atoms with Crippen LogP contribution in [0.1, 0.15) is 219 Å². The molecular formula is C78H139N19O16. The highest BCUT2D eigenvalue weighted by atomic mass is 16.4. The number of rotatable bonds is 57. The molecule has 0 unspecified atom stereocenters. The van der Waals surface area contributed by atoms with Crippen LogP contribution in [-0.2, 0) is 78.3 Å². The maximum Gasteiger partial charge on any atom is 0.326 e. The van der Waals surface area contributed by atoms with E-state index in [-0.39, 0.29) is 113 Å². The minimum atomic E-state index is -1.33. The molecule has 0 aromatic heterocycles. The number of hydrogen-bond donors (Lipinski definition) is 20. The molecule has 35 heteroatoms. The molecule has 0 aliphatic heterocycles. The van der Waals surface area contributed by atoms with Crippen LogP contribution in [0.25, 0.3) is 0 Å². The van der Waals surface area contributed by atoms with E-state index in [1.165, 1.54) is 34.6 Å². The van der Waals surface area contributed by atoms with Crippen molar-refractivity contribution >= 4 is 88.7 Å². The van der Waals surface area contributed by atoms with Gasteiger partial charge in [-0.05, 0) is 212 Å². The smallest absolute Gasteiger partial charge is 0.326 e. The van der Waals surface area contributed by atoms with Crippen molar-refractivity contribution in [2.45, 2.75) is 310 Å². The number of amides is 14. The SMILES string of the molecule is CC(C)C[C@H](NC(=O)[C@H](C)NC(=O)[C@H](CCCCN)NC(=O)[C@H](CC(C)C)NC(=O)[C@H](C)NC(=O)[C@H](CCCCN)NC(=O)[C@H](CC(C)C)NC(=O)[C@H](CC(C)C)NC(=O)[C@H](C)NC(=O)[C@H](CCCCN)NC(=O)[C@H](CC(C)C)NC(=O)[C@H](C)NC(=O)[C@H](CCCCN)NC(=O)[C@H](C)NC(=O)[C@@H](N)Cc1ccccc1)C(=O)O. The molecule has 1 aromatic carbocycles. The molecule has 0 bridgehead atoms. The van der Waals surface area contributed by atoms with Crippen LogP contribution in [0.2, 0.25) is 0 Å². The van der Waals surface area contributed by atoms with Crippen LogP contribution < -0.4 is 103 Å². The molecule has 113 heavy (non-hydrogen) atoms. The van der Waals surface area contributed by atoms with E-state index < -0.39 is 179 Å². The predicted molar refractivity (Wildman–Crippen MR) is 430 cm³/mol. The molecule has 0 saturated heterocycles. The molecule has 0 saturated carbocycles. The number of carboxylic acids is 1. The zero-order chi connectivity index (χ0) is 85.8. The molecule has 35 nitrogen and oxygen atoms in total. The average molecular weight is 1600 g/mol. The first kappa shape index (κ1) is 102. The van der Waals surface area contributed by atoms with Crippen molar-refractivity contribution in [2.24, 2.45) is 58.3 Å². The molecule has 0 fully saturated rings. The van der Waals surface area contributed by atoms with Gasteiger partial charge in [0.15, 0.2) is 0 Å². The van der Waals surface area contributed by atoms with E-state index in [0.717, 1.165) is 5.56 Å². The molecule has 1 aromatic rings. The number of nitrogens with two attached hydrogens (primary N) is 5. The van der Waals surface area contributed by atoms with Gasteiger partial charge in [-0.3, -0.25) is 67.1 Å². The van der Waals surface area contributed by atoms with Crippen LogP contribution in [0, 0.1) is 29.6 Å². The normalized spacial score (nSPS) is 15.4. The van der Waals surface area contributed by atoms with Crippen molar-refractivity contribution in [2.75, 3.05) is 26.2 Å². The van der Waals surface area contributed by atoms with Crippen LogP contribution in [0.3, 0.4) is 0 Å². The zero-order valence-corrected chi connectivity index (χ0v) is 69.4. The van der Waals surface area contributed by atoms with Crippen molar-refractivity contribution in [1.82, 2.24) is 74.4 Å². The number of unbranched alkanes of at least 4 members (excludes halogenated alkanes) is 4. The van der Waals surface area contributed by atoms with Crippen LogP contribution in [0.15, 0.2) is 30.3 Å². The summed E-state index contributed by atoms with van der Waals surface area (Å²) in [4.78, 5) is 207. The second kappa shape index (κ2) is 54.7. The number of aliphatic carboxylic acids is 1. The standard InChI is InChI=1S/C78H139N19O16/c1-43(2)37-59(93-65(99)49(12)85-70(104)55(29-19-23-33-79)89-64(98)48(11)84-69(103)54(83)42-53-27-17-16-18-28-53)74(108)90-56(30-20-24-34-80)71(105)87-51(14)67(101)95-61(39-45(5)6)77(111)96-62(40-46(7)8)76(110)92-58(32-22-26-36-82)72(106)86-50(13)66(100)94-60(38-44(3)4)75(109)91-57(31-21-25-35-81)73(107)88-52(15)68(102)97-63(78(112)113)41-47(9)10/h16-18,27-28,43-52,54-63H,19-26,29-42,79-83H2,1-15H3,(H,84,103)(H,85,104)(H,86,106)(H,87,105)(H,88,107)(H,89,98)(H,90,108)(H,91,109)(H,92,110)(H,93,99)(H,94,100)(H,95,101)(H,96,111)(H,97,102)(H,112,113)/t48-,49-,50-,51-,52-,54-,55-,56-,57-,58-,59-,60-,61-,62-,63-/m0/s1. The number of carbonyl (C=O) groups is 15. The zero-order valence-electron chi connectivity index (χ0n) is 69.4. The molecule has 14 amide bonds. The Bertz CT molecular complexity index is 3180. The molecule has 1 rings (SSSR count). The van der Waals surface area contributed by atoms with Gasteiger partial charge in [-0.1, -0.05) is 99.6 Å². The number of carboxylic acid groups (broad SMARTS) is 1. The highest BCUT2D eigenvalue weighted by Crippen LogP contribution is 2.16. The van der Waals surface area contributed by atoms with E-state index in [4.69, 9.17) is 28.7 Å². The van der Waals surface area contributed by atoms with Crippen molar-refractivity contribution in [3.05, 3.63) is 35.9 Å². The quantitative estimate of drug-likeness (QED) is 0.0358. The second-order valence-electron chi connectivity index (χ2n) is 31.6. The molecule has 0 aliphatic carbocycles. The van der Waals surface area contributed by atoms with Crippen LogP contribution in [-0.4, -0.2) is 211 Å². The lowest BCUT2D eigenvalue weighted by molar-refractivity contribution is -0.142. The van der Waals surface area contributed by atoms with E-state index in [9.17, 15) is 77.0 Å². The Labute approximate surface area is 667 Å². The Hall–Kier alpha value is -8.93. The molecule has 25 N–H and O–H groups in total. The largest absolute Gasteiger partial charge is 0.480 e. The minimum Gasteiger partial charge on any atom is -0.480 e. The summed E-state index contributed by atoms with van der Waals surface area (Å²) < 4.78 is 0. The fraction of sp³-hybridized carbons (Fsp3) is 0.731. The maximum atomic E-state index is 14.5. The van der Waals surface area contributed by atoms with Crippen molar-refractivity contribution in [3.63, 3.8) is 0 Å². The van der Waals surface area contributed by atoms with Gasteiger partial charge in [0.25, 0.3) is 0 Å². The lowest BCUT2D eigenvalue weighted by Gasteiger charge is -2.28. The predicted octanol–water partition coefficient (Wildman–Crippen LogP) is -0.726. The molecule has 0 radical (unpaired) electrons. The fourth-order valence-corrected chi connectivity index (χ4v) is 12.0. The third kappa shape index (κ3) is 41.6. The summed E-state index contributed by atoms with van der Waals surface area (Å²) in [6.45, 7) is 26.0. The monoisotopic (exact) mass is 1600 g/mol. The minimum absolute atomic E-state index is 0.0411. The topological polar surface area (TPSA) is 575 Å². The van der Waals surface area contributed by atoms with Crippen LogP contribution in [0.4, 0.5) is 0 Å². The van der Waals surface area contributed by atoms with Gasteiger partial charge in [-0.15, -0.1) is 0 Å². The molecular weight excluding hydrogens is 1460 g/mol. The lowest BCUT2D eigenvalue weighted by atomic mass is 9.99. The Kier molecular flexibility index (Phi) is 49.4. The van der Waals surface area contributed by atoms with Gasteiger partial charge >= 0.3 is 5.97 Å². The summed E-state index contributed by atoms with van der Waals surface area (Å²) in [5, 5.41) is 46.8. The Balaban J connectivity index is 3.38. The van der Waals surface area contributed by atoms with E-state index in [1.807, 2.05) is 30.3 Å². The first-order chi connectivity index (χ1) is 53.1. The van der Waals surface area contributed by atoms with Crippen LogP contribution in [0.5, 0.6) is 0 Å². The summed E-state index contributed by atoms with van der Waals surface area (Å²) >= 11 is 0. The Morgan fingerprint density at radius 3 is 0.690 bits per heavy atom. The van der Waals surface area contributed by atoms with Gasteiger partial charge in [-0.2, -0.15) is 0 Å². The van der Waals surface area contributed by atoms with Crippen molar-refractivity contribution in [3.8, 4) is 0 Å². The number of benzene rings is 1. The number of carbonyl (C=O) groups excluding carboxylic acids is 14. The van der Waals surface area contributed by atoms with Crippen molar-refractivity contribution < 1.29 is 77.0 Å². The third-order valence-electron chi connectivity index (χ3n) is 18.4. The summed E-state index contributed by atoms with van der Waals surface area (Å²) in [6.07, 6.45) is 4.33. The molecule has 15 atom stereocenters. The summed E-state index contributed by atoms with van der Waals surface area (Å²) in [7, 11) is 0. The van der Waals surface area contributed by atoms with Crippen molar-refractivity contribution in [1.29, 1.82) is 0 Å². The van der Waals surface area contributed by atoms with Gasteiger partial charge in [0.2, 0.25) is 82.7 Å². The highest BCUT2D eigenvalue weighted by Gasteiger charge is 2.37. The van der Waals surface area contributed by atoms with Gasteiger partial charge in [0, 0.05) is 0 Å². The van der Waals surface area contributed by atoms with Gasteiger partial charge in [-0.25, -0.2) is 4.79 Å². The molecule has 0 heterocycles. The van der Waals surface area contributed by atoms with E-state index >= 15 is 0 Å². The first-order valence-electron chi connectivity index (χ1n) is 40.2. The molecule has 0 aliphatic rings. The van der Waals surface area contributed by atoms with E-state index in [2.05, 4.69) is 74.4 Å². The Morgan fingerprint density at radius 1 is 0.265 bits per heavy atom. The highest BCUT2D eigenvalue weighted by molar-refractivity contribution is 6.00. The van der Waals surface area contributed by atoms with Gasteiger partial charge in [0.1, 0.15) is 84.6 Å². The Morgan fingerprint density at radius 2 is 0.460 bits per heavy atom. The maximum absolute atomic E-state index is 14.5.